The summed E-state index contributed by atoms with van der Waals surface area (Å²) in [6, 6.07) is 5.47. The van der Waals surface area contributed by atoms with E-state index in [2.05, 4.69) is 43.2 Å². The van der Waals surface area contributed by atoms with E-state index >= 15 is 0 Å². The van der Waals surface area contributed by atoms with Crippen molar-refractivity contribution >= 4 is 21.8 Å². The summed E-state index contributed by atoms with van der Waals surface area (Å²) in [7, 11) is 0. The molecule has 0 bridgehead atoms. The molecule has 0 radical (unpaired) electrons. The first-order valence-corrected chi connectivity index (χ1v) is 5.80. The summed E-state index contributed by atoms with van der Waals surface area (Å²) in [6.45, 7) is 0.509. The van der Waals surface area contributed by atoms with Gasteiger partial charge in [0.15, 0.2) is 0 Å². The average Bonchev–Trinajstić information content (AvgIpc) is 2.77. The molecule has 17 heavy (non-hydrogen) atoms. The molecule has 0 aromatic carbocycles. The fourth-order valence-corrected chi connectivity index (χ4v) is 1.71. The second-order valence-electron chi connectivity index (χ2n) is 3.57. The fourth-order valence-electron chi connectivity index (χ4n) is 1.48. The molecule has 0 aliphatic carbocycles. The van der Waals surface area contributed by atoms with Crippen molar-refractivity contribution in [2.75, 3.05) is 6.54 Å². The van der Waals surface area contributed by atoms with E-state index in [9.17, 15) is 4.79 Å². The van der Waals surface area contributed by atoms with Gasteiger partial charge in [0, 0.05) is 17.2 Å². The van der Waals surface area contributed by atoms with Gasteiger partial charge >= 0.3 is 0 Å². The Morgan fingerprint density at radius 2 is 2.47 bits per heavy atom. The lowest BCUT2D eigenvalue weighted by atomic mass is 10.1. The zero-order valence-electron chi connectivity index (χ0n) is 8.77. The van der Waals surface area contributed by atoms with Gasteiger partial charge in [-0.15, -0.1) is 0 Å². The molecular formula is C10H10BrN5O. The summed E-state index contributed by atoms with van der Waals surface area (Å²) < 4.78 is 0.810. The van der Waals surface area contributed by atoms with Gasteiger partial charge in [0.05, 0.1) is 12.0 Å². The molecule has 7 heteroatoms. The van der Waals surface area contributed by atoms with Crippen molar-refractivity contribution in [1.29, 1.82) is 5.26 Å². The van der Waals surface area contributed by atoms with Crippen LogP contribution in [0.2, 0.25) is 0 Å². The van der Waals surface area contributed by atoms with Gasteiger partial charge in [-0.2, -0.15) is 5.26 Å². The number of pyridine rings is 1. The van der Waals surface area contributed by atoms with Crippen LogP contribution in [0.4, 0.5) is 0 Å². The number of rotatable bonds is 2. The molecule has 2 rings (SSSR count). The maximum Gasteiger partial charge on any atom is 0.271 e. The van der Waals surface area contributed by atoms with Gasteiger partial charge in [-0.3, -0.25) is 10.2 Å². The first-order chi connectivity index (χ1) is 8.20. The van der Waals surface area contributed by atoms with E-state index in [-0.39, 0.29) is 11.8 Å². The number of halogens is 1. The third kappa shape index (κ3) is 2.79. The minimum absolute atomic E-state index is 0.283. The van der Waals surface area contributed by atoms with Crippen molar-refractivity contribution in [3.8, 4) is 6.07 Å². The Balaban J connectivity index is 2.02. The molecule has 3 N–H and O–H groups in total. The van der Waals surface area contributed by atoms with Crippen LogP contribution in [0, 0.1) is 17.2 Å². The van der Waals surface area contributed by atoms with Crippen molar-refractivity contribution in [2.24, 2.45) is 5.92 Å². The first kappa shape index (κ1) is 12.0. The summed E-state index contributed by atoms with van der Waals surface area (Å²) in [5.41, 5.74) is 5.97. The number of nitrogens with one attached hydrogen (secondary N) is 3. The van der Waals surface area contributed by atoms with Crippen LogP contribution in [0.1, 0.15) is 10.5 Å². The number of hydrogen-bond donors (Lipinski definition) is 3. The van der Waals surface area contributed by atoms with E-state index in [0.29, 0.717) is 12.2 Å². The Labute approximate surface area is 107 Å². The van der Waals surface area contributed by atoms with Gasteiger partial charge in [-0.25, -0.2) is 10.4 Å². The van der Waals surface area contributed by atoms with E-state index in [0.717, 1.165) is 4.47 Å². The Bertz CT molecular complexity index is 455. The number of nitrogens with zero attached hydrogens (tertiary/aromatic N) is 2. The average molecular weight is 296 g/mol. The Morgan fingerprint density at radius 1 is 1.65 bits per heavy atom. The Hall–Kier alpha value is -1.49. The lowest BCUT2D eigenvalue weighted by Gasteiger charge is -2.14. The molecule has 1 fully saturated rings. The normalized spacial score (nSPS) is 23.1. The SMILES string of the molecule is N#CC1CNNC1NC(=O)c1ccc(Br)cn1. The molecule has 1 saturated heterocycles. The summed E-state index contributed by atoms with van der Waals surface area (Å²) in [5, 5.41) is 11.6. The fraction of sp³-hybridized carbons (Fsp3) is 0.300. The topological polar surface area (TPSA) is 89.8 Å². The highest BCUT2D eigenvalue weighted by Crippen LogP contribution is 2.08. The van der Waals surface area contributed by atoms with Gasteiger partial charge in [-0.05, 0) is 28.1 Å². The monoisotopic (exact) mass is 295 g/mol. The maximum absolute atomic E-state index is 11.8. The number of amides is 1. The molecule has 1 amide bonds. The van der Waals surface area contributed by atoms with E-state index in [1.807, 2.05) is 0 Å². The minimum Gasteiger partial charge on any atom is -0.333 e. The lowest BCUT2D eigenvalue weighted by Crippen LogP contribution is -2.46. The molecule has 2 atom stereocenters. The van der Waals surface area contributed by atoms with Crippen molar-refractivity contribution in [3.63, 3.8) is 0 Å². The number of aromatic nitrogens is 1. The number of hydrogen-bond acceptors (Lipinski definition) is 5. The Kier molecular flexibility index (Phi) is 3.68. The van der Waals surface area contributed by atoms with E-state index in [1.54, 1.807) is 18.3 Å². The van der Waals surface area contributed by atoms with Gasteiger partial charge in [0.2, 0.25) is 0 Å². The van der Waals surface area contributed by atoms with Crippen LogP contribution >= 0.6 is 15.9 Å². The standard InChI is InChI=1S/C10H10BrN5O/c11-7-1-2-8(13-5-7)10(17)15-9-6(3-12)4-14-16-9/h1-2,5-6,9,14,16H,4H2,(H,15,17). The smallest absolute Gasteiger partial charge is 0.271 e. The van der Waals surface area contributed by atoms with Crippen molar-refractivity contribution in [1.82, 2.24) is 21.2 Å². The van der Waals surface area contributed by atoms with Crippen molar-refractivity contribution in [3.05, 3.63) is 28.5 Å². The molecule has 6 nitrogen and oxygen atoms in total. The molecule has 0 spiro atoms. The predicted octanol–water partition coefficient (Wildman–Crippen LogP) is 0.148. The minimum atomic E-state index is -0.391. The maximum atomic E-state index is 11.8. The number of nitriles is 1. The van der Waals surface area contributed by atoms with Crippen LogP contribution in [-0.2, 0) is 0 Å². The number of hydrazine groups is 1. The van der Waals surface area contributed by atoms with Crippen LogP contribution < -0.4 is 16.2 Å². The summed E-state index contributed by atoms with van der Waals surface area (Å²) in [5.74, 6) is -0.589. The highest BCUT2D eigenvalue weighted by atomic mass is 79.9. The van der Waals surface area contributed by atoms with Gasteiger partial charge in [0.1, 0.15) is 11.9 Å². The van der Waals surface area contributed by atoms with Crippen LogP contribution in [0.15, 0.2) is 22.8 Å². The highest BCUT2D eigenvalue weighted by molar-refractivity contribution is 9.10. The molecule has 1 aliphatic rings. The summed E-state index contributed by atoms with van der Waals surface area (Å²) >= 11 is 3.24. The zero-order chi connectivity index (χ0) is 12.3. The number of carbonyl (C=O) groups excluding carboxylic acids is 1. The van der Waals surface area contributed by atoms with Gasteiger partial charge in [0.25, 0.3) is 5.91 Å². The third-order valence-corrected chi connectivity index (χ3v) is 2.86. The van der Waals surface area contributed by atoms with Crippen LogP contribution in [0.5, 0.6) is 0 Å². The second kappa shape index (κ2) is 5.23. The van der Waals surface area contributed by atoms with E-state index < -0.39 is 6.17 Å². The summed E-state index contributed by atoms with van der Waals surface area (Å²) in [6.07, 6.45) is 1.16. The molecule has 2 heterocycles. The molecule has 1 aliphatic heterocycles. The second-order valence-corrected chi connectivity index (χ2v) is 4.49. The van der Waals surface area contributed by atoms with Crippen molar-refractivity contribution in [2.45, 2.75) is 6.17 Å². The zero-order valence-corrected chi connectivity index (χ0v) is 10.4. The van der Waals surface area contributed by atoms with Crippen LogP contribution in [-0.4, -0.2) is 23.6 Å². The predicted molar refractivity (Wildman–Crippen MR) is 63.4 cm³/mol. The van der Waals surface area contributed by atoms with Gasteiger partial charge in [-0.1, -0.05) is 0 Å². The molecule has 1 aromatic rings. The third-order valence-electron chi connectivity index (χ3n) is 2.39. The molecule has 0 saturated carbocycles. The molecule has 2 unspecified atom stereocenters. The highest BCUT2D eigenvalue weighted by Gasteiger charge is 2.28. The van der Waals surface area contributed by atoms with Crippen LogP contribution in [0.3, 0.4) is 0 Å². The van der Waals surface area contributed by atoms with Crippen LogP contribution in [0.25, 0.3) is 0 Å². The molecular weight excluding hydrogens is 286 g/mol. The first-order valence-electron chi connectivity index (χ1n) is 5.01. The molecule has 1 aromatic heterocycles. The van der Waals surface area contributed by atoms with E-state index in [4.69, 9.17) is 5.26 Å². The largest absolute Gasteiger partial charge is 0.333 e. The van der Waals surface area contributed by atoms with Gasteiger partial charge < -0.3 is 5.32 Å². The Morgan fingerprint density at radius 3 is 3.12 bits per heavy atom. The number of carbonyl (C=O) groups is 1. The molecule has 88 valence electrons. The lowest BCUT2D eigenvalue weighted by molar-refractivity contribution is 0.0922. The van der Waals surface area contributed by atoms with E-state index in [1.165, 1.54) is 0 Å². The summed E-state index contributed by atoms with van der Waals surface area (Å²) in [4.78, 5) is 15.8. The van der Waals surface area contributed by atoms with Crippen molar-refractivity contribution < 1.29 is 4.79 Å². The quantitative estimate of drug-likeness (QED) is 0.722.